The molecule has 0 bridgehead atoms. The van der Waals surface area contributed by atoms with Crippen molar-refractivity contribution < 1.29 is 24.0 Å². The molecule has 0 aliphatic heterocycles. The van der Waals surface area contributed by atoms with Crippen molar-refractivity contribution in [1.29, 1.82) is 0 Å². The van der Waals surface area contributed by atoms with E-state index in [1.807, 2.05) is 30.3 Å². The Hall–Kier alpha value is -4.20. The molecular formula is C24H22N2O6. The summed E-state index contributed by atoms with van der Waals surface area (Å²) in [5.74, 6) is -1.24. The third kappa shape index (κ3) is 5.28. The maximum Gasteiger partial charge on any atom is 0.338 e. The maximum absolute atomic E-state index is 12.2. The van der Waals surface area contributed by atoms with Gasteiger partial charge in [0.25, 0.3) is 5.69 Å². The number of esters is 2. The summed E-state index contributed by atoms with van der Waals surface area (Å²) in [6.07, 6.45) is 0.490. The first-order valence-electron chi connectivity index (χ1n) is 9.77. The molecule has 0 heterocycles. The van der Waals surface area contributed by atoms with Gasteiger partial charge in [0.05, 0.1) is 30.3 Å². The standard InChI is InChI=1S/C24H22N2O6/c1-31-23(27)20-11-10-16(14-21(20)24(28)32-2)12-18-7-3-4-9-22(18)25-15-17-6-5-8-19(13-17)26(29)30/h3-11,13-14,25H,12,15H2,1-2H3. The van der Waals surface area contributed by atoms with E-state index < -0.39 is 16.9 Å². The molecule has 0 saturated carbocycles. The number of carbonyl (C=O) groups is 2. The number of benzene rings is 3. The molecular weight excluding hydrogens is 412 g/mol. The smallest absolute Gasteiger partial charge is 0.338 e. The molecule has 3 aromatic rings. The summed E-state index contributed by atoms with van der Waals surface area (Å²) in [6, 6.07) is 19.0. The molecule has 0 unspecified atom stereocenters. The summed E-state index contributed by atoms with van der Waals surface area (Å²) in [5, 5.41) is 14.3. The Bertz CT molecular complexity index is 1160. The molecule has 164 valence electrons. The van der Waals surface area contributed by atoms with Crippen LogP contribution in [-0.2, 0) is 22.4 Å². The number of nitro benzene ring substituents is 1. The van der Waals surface area contributed by atoms with Crippen LogP contribution in [0, 0.1) is 10.1 Å². The second kappa shape index (κ2) is 10.2. The number of nitrogens with one attached hydrogen (secondary N) is 1. The highest BCUT2D eigenvalue weighted by molar-refractivity contribution is 6.03. The Morgan fingerprint density at radius 2 is 1.59 bits per heavy atom. The number of nitrogens with zero attached hydrogens (tertiary/aromatic N) is 1. The van der Waals surface area contributed by atoms with E-state index in [0.717, 1.165) is 22.4 Å². The molecule has 1 N–H and O–H groups in total. The quantitative estimate of drug-likeness (QED) is 0.319. The molecule has 8 nitrogen and oxygen atoms in total. The normalized spacial score (nSPS) is 10.3. The zero-order chi connectivity index (χ0) is 23.1. The largest absolute Gasteiger partial charge is 0.465 e. The van der Waals surface area contributed by atoms with Crippen molar-refractivity contribution in [2.24, 2.45) is 0 Å². The average Bonchev–Trinajstić information content (AvgIpc) is 2.82. The van der Waals surface area contributed by atoms with E-state index in [1.165, 1.54) is 26.4 Å². The highest BCUT2D eigenvalue weighted by Crippen LogP contribution is 2.23. The minimum Gasteiger partial charge on any atom is -0.465 e. The van der Waals surface area contributed by atoms with Crippen LogP contribution in [0.15, 0.2) is 66.7 Å². The minimum absolute atomic E-state index is 0.0404. The molecule has 0 saturated heterocycles. The van der Waals surface area contributed by atoms with Gasteiger partial charge < -0.3 is 14.8 Å². The lowest BCUT2D eigenvalue weighted by molar-refractivity contribution is -0.384. The van der Waals surface area contributed by atoms with Crippen molar-refractivity contribution in [3.8, 4) is 0 Å². The predicted molar refractivity (Wildman–Crippen MR) is 119 cm³/mol. The number of hydrogen-bond donors (Lipinski definition) is 1. The summed E-state index contributed by atoms with van der Waals surface area (Å²) in [7, 11) is 2.50. The first-order valence-corrected chi connectivity index (χ1v) is 9.77. The SMILES string of the molecule is COC(=O)c1ccc(Cc2ccccc2NCc2cccc([N+](=O)[O-])c2)cc1C(=O)OC. The molecule has 0 spiro atoms. The monoisotopic (exact) mass is 434 g/mol. The maximum atomic E-state index is 12.2. The van der Waals surface area contributed by atoms with Gasteiger partial charge in [-0.2, -0.15) is 0 Å². The van der Waals surface area contributed by atoms with Crippen LogP contribution in [0.25, 0.3) is 0 Å². The van der Waals surface area contributed by atoms with E-state index in [-0.39, 0.29) is 16.8 Å². The van der Waals surface area contributed by atoms with Gasteiger partial charge in [-0.3, -0.25) is 10.1 Å². The van der Waals surface area contributed by atoms with E-state index in [1.54, 1.807) is 24.3 Å². The first-order chi connectivity index (χ1) is 15.4. The van der Waals surface area contributed by atoms with Gasteiger partial charge in [-0.05, 0) is 41.3 Å². The first kappa shape index (κ1) is 22.5. The van der Waals surface area contributed by atoms with Crippen LogP contribution >= 0.6 is 0 Å². The van der Waals surface area contributed by atoms with Gasteiger partial charge in [0.1, 0.15) is 0 Å². The Balaban J connectivity index is 1.83. The van der Waals surface area contributed by atoms with E-state index >= 15 is 0 Å². The Morgan fingerprint density at radius 3 is 2.31 bits per heavy atom. The van der Waals surface area contributed by atoms with Crippen LogP contribution in [-0.4, -0.2) is 31.1 Å². The van der Waals surface area contributed by atoms with E-state index in [2.05, 4.69) is 5.32 Å². The van der Waals surface area contributed by atoms with Gasteiger partial charge in [-0.1, -0.05) is 36.4 Å². The van der Waals surface area contributed by atoms with Crippen LogP contribution in [0.5, 0.6) is 0 Å². The van der Waals surface area contributed by atoms with Crippen molar-refractivity contribution in [2.45, 2.75) is 13.0 Å². The molecule has 8 heteroatoms. The molecule has 0 aromatic heterocycles. The Labute approximate surface area is 184 Å². The molecule has 0 amide bonds. The van der Waals surface area contributed by atoms with Crippen LogP contribution in [0.2, 0.25) is 0 Å². The zero-order valence-electron chi connectivity index (χ0n) is 17.7. The second-order valence-electron chi connectivity index (χ2n) is 6.98. The summed E-state index contributed by atoms with van der Waals surface area (Å²) in [4.78, 5) is 34.7. The third-order valence-electron chi connectivity index (χ3n) is 4.91. The van der Waals surface area contributed by atoms with E-state index in [4.69, 9.17) is 9.47 Å². The van der Waals surface area contributed by atoms with Crippen molar-refractivity contribution in [2.75, 3.05) is 19.5 Å². The third-order valence-corrected chi connectivity index (χ3v) is 4.91. The van der Waals surface area contributed by atoms with Gasteiger partial charge in [0, 0.05) is 24.4 Å². The van der Waals surface area contributed by atoms with Crippen LogP contribution in [0.3, 0.4) is 0 Å². The topological polar surface area (TPSA) is 108 Å². The summed E-state index contributed by atoms with van der Waals surface area (Å²) >= 11 is 0. The molecule has 32 heavy (non-hydrogen) atoms. The summed E-state index contributed by atoms with van der Waals surface area (Å²) in [5.41, 5.74) is 3.72. The highest BCUT2D eigenvalue weighted by atomic mass is 16.6. The number of rotatable bonds is 8. The van der Waals surface area contributed by atoms with Crippen molar-refractivity contribution in [1.82, 2.24) is 0 Å². The van der Waals surface area contributed by atoms with Gasteiger partial charge in [-0.25, -0.2) is 9.59 Å². The van der Waals surface area contributed by atoms with Gasteiger partial charge >= 0.3 is 11.9 Å². The number of anilines is 1. The number of ether oxygens (including phenoxy) is 2. The van der Waals surface area contributed by atoms with Crippen molar-refractivity contribution >= 4 is 23.3 Å². The highest BCUT2D eigenvalue weighted by Gasteiger charge is 2.19. The Morgan fingerprint density at radius 1 is 0.875 bits per heavy atom. The number of hydrogen-bond acceptors (Lipinski definition) is 7. The molecule has 0 aliphatic carbocycles. The summed E-state index contributed by atoms with van der Waals surface area (Å²) < 4.78 is 9.55. The van der Waals surface area contributed by atoms with Gasteiger partial charge in [0.2, 0.25) is 0 Å². The number of methoxy groups -OCH3 is 2. The summed E-state index contributed by atoms with van der Waals surface area (Å²) in [6.45, 7) is 0.410. The van der Waals surface area contributed by atoms with Crippen LogP contribution in [0.4, 0.5) is 11.4 Å². The van der Waals surface area contributed by atoms with Crippen molar-refractivity contribution in [3.05, 3.63) is 105 Å². The fraction of sp³-hybridized carbons (Fsp3) is 0.167. The second-order valence-corrected chi connectivity index (χ2v) is 6.98. The number of carbonyl (C=O) groups excluding carboxylic acids is 2. The van der Waals surface area contributed by atoms with E-state index in [0.29, 0.717) is 13.0 Å². The van der Waals surface area contributed by atoms with Gasteiger partial charge in [0.15, 0.2) is 0 Å². The molecule has 3 aromatic carbocycles. The van der Waals surface area contributed by atoms with Gasteiger partial charge in [-0.15, -0.1) is 0 Å². The lowest BCUT2D eigenvalue weighted by Crippen LogP contribution is -2.12. The number of non-ortho nitro benzene ring substituents is 1. The predicted octanol–water partition coefficient (Wildman–Crippen LogP) is 4.37. The van der Waals surface area contributed by atoms with E-state index in [9.17, 15) is 19.7 Å². The molecule has 0 aliphatic rings. The van der Waals surface area contributed by atoms with Crippen LogP contribution < -0.4 is 5.32 Å². The zero-order valence-corrected chi connectivity index (χ0v) is 17.7. The number of para-hydroxylation sites is 1. The average molecular weight is 434 g/mol. The molecule has 3 rings (SSSR count). The fourth-order valence-electron chi connectivity index (χ4n) is 3.31. The Kier molecular flexibility index (Phi) is 7.17. The lowest BCUT2D eigenvalue weighted by atomic mass is 9.98. The molecule has 0 fully saturated rings. The molecule has 0 atom stereocenters. The number of nitro groups is 1. The van der Waals surface area contributed by atoms with Crippen molar-refractivity contribution in [3.63, 3.8) is 0 Å². The lowest BCUT2D eigenvalue weighted by Gasteiger charge is -2.14. The molecule has 0 radical (unpaired) electrons. The fourth-order valence-corrected chi connectivity index (χ4v) is 3.31. The van der Waals surface area contributed by atoms with Crippen LogP contribution in [0.1, 0.15) is 37.4 Å². The minimum atomic E-state index is -0.621.